The highest BCUT2D eigenvalue weighted by molar-refractivity contribution is 7.07. The van der Waals surface area contributed by atoms with Crippen molar-refractivity contribution in [2.45, 2.75) is 31.6 Å². The number of rotatable bonds is 4. The summed E-state index contributed by atoms with van der Waals surface area (Å²) in [6.45, 7) is 4.98. The van der Waals surface area contributed by atoms with Crippen molar-refractivity contribution in [3.63, 3.8) is 0 Å². The average molecular weight is 309 g/mol. The third kappa shape index (κ3) is 3.63. The summed E-state index contributed by atoms with van der Waals surface area (Å²) in [6, 6.07) is 2.17. The molecule has 21 heavy (non-hydrogen) atoms. The topological polar surface area (TPSA) is 58.8 Å². The van der Waals surface area contributed by atoms with Crippen LogP contribution in [0.5, 0.6) is 0 Å². The van der Waals surface area contributed by atoms with Gasteiger partial charge in [0.25, 0.3) is 5.91 Å². The Hall–Kier alpha value is -0.950. The number of nitrogens with zero attached hydrogens (tertiary/aromatic N) is 2. The van der Waals surface area contributed by atoms with Gasteiger partial charge in [0.2, 0.25) is 0 Å². The Bertz CT molecular complexity index is 457. The maximum Gasteiger partial charge on any atom is 0.251 e. The van der Waals surface area contributed by atoms with E-state index in [1.165, 1.54) is 5.56 Å². The minimum Gasteiger partial charge on any atom is -0.364 e. The average Bonchev–Trinajstić information content (AvgIpc) is 3.18. The van der Waals surface area contributed by atoms with Gasteiger partial charge in [0.05, 0.1) is 6.10 Å². The normalized spacial score (nSPS) is 27.2. The largest absolute Gasteiger partial charge is 0.364 e. The zero-order valence-electron chi connectivity index (χ0n) is 12.2. The molecule has 2 fully saturated rings. The molecule has 2 aliphatic heterocycles. The second kappa shape index (κ2) is 6.87. The van der Waals surface area contributed by atoms with Gasteiger partial charge in [0, 0.05) is 39.3 Å². The zero-order chi connectivity index (χ0) is 14.7. The van der Waals surface area contributed by atoms with Crippen molar-refractivity contribution in [3.8, 4) is 0 Å². The lowest BCUT2D eigenvalue weighted by Gasteiger charge is -2.35. The van der Waals surface area contributed by atoms with Gasteiger partial charge in [-0.3, -0.25) is 9.69 Å². The second-order valence-electron chi connectivity index (χ2n) is 5.79. The van der Waals surface area contributed by atoms with Gasteiger partial charge in [-0.15, -0.1) is 0 Å². The molecule has 2 unspecified atom stereocenters. The Morgan fingerprint density at radius 1 is 1.33 bits per heavy atom. The van der Waals surface area contributed by atoms with E-state index < -0.39 is 0 Å². The first-order valence-corrected chi connectivity index (χ1v) is 8.58. The van der Waals surface area contributed by atoms with Crippen LogP contribution in [0.15, 0.2) is 16.8 Å². The van der Waals surface area contributed by atoms with Gasteiger partial charge in [-0.05, 0) is 35.2 Å². The molecule has 0 radical (unpaired) electrons. The summed E-state index contributed by atoms with van der Waals surface area (Å²) in [5.74, 6) is 0.154. The van der Waals surface area contributed by atoms with E-state index in [-0.39, 0.29) is 18.1 Å². The van der Waals surface area contributed by atoms with Crippen LogP contribution in [0.1, 0.15) is 18.4 Å². The fourth-order valence-electron chi connectivity index (χ4n) is 3.03. The summed E-state index contributed by atoms with van der Waals surface area (Å²) in [4.78, 5) is 16.8. The van der Waals surface area contributed by atoms with Crippen LogP contribution in [-0.2, 0) is 16.1 Å². The van der Waals surface area contributed by atoms with Crippen LogP contribution < -0.4 is 5.73 Å². The first kappa shape index (κ1) is 15.0. The summed E-state index contributed by atoms with van der Waals surface area (Å²) >= 11 is 1.73. The van der Waals surface area contributed by atoms with Gasteiger partial charge in [-0.2, -0.15) is 11.3 Å². The van der Waals surface area contributed by atoms with Crippen molar-refractivity contribution in [1.29, 1.82) is 0 Å². The standard InChI is InChI=1S/C15H23N3O2S/c16-9-13-1-2-14(20-13)15(19)18-6-4-17(5-7-18)10-12-3-8-21-11-12/h3,8,11,13-14H,1-2,4-7,9-10,16H2. The lowest BCUT2D eigenvalue weighted by atomic mass is 10.1. The monoisotopic (exact) mass is 309 g/mol. The fourth-order valence-corrected chi connectivity index (χ4v) is 3.69. The highest BCUT2D eigenvalue weighted by atomic mass is 32.1. The minimum absolute atomic E-state index is 0.0684. The van der Waals surface area contributed by atoms with E-state index in [2.05, 4.69) is 21.7 Å². The fraction of sp³-hybridized carbons (Fsp3) is 0.667. The summed E-state index contributed by atoms with van der Waals surface area (Å²) in [7, 11) is 0. The molecule has 2 N–H and O–H groups in total. The number of hydrogen-bond acceptors (Lipinski definition) is 5. The molecule has 116 valence electrons. The third-order valence-corrected chi connectivity index (χ3v) is 5.05. The molecule has 0 aliphatic carbocycles. The molecule has 0 spiro atoms. The SMILES string of the molecule is NCC1CCC(C(=O)N2CCN(Cc3ccsc3)CC2)O1. The van der Waals surface area contributed by atoms with Crippen LogP contribution in [0.4, 0.5) is 0 Å². The molecule has 0 bridgehead atoms. The van der Waals surface area contributed by atoms with Gasteiger partial charge in [-0.25, -0.2) is 0 Å². The van der Waals surface area contributed by atoms with Gasteiger partial charge in [-0.1, -0.05) is 0 Å². The predicted molar refractivity (Wildman–Crippen MR) is 83.1 cm³/mol. The van der Waals surface area contributed by atoms with Crippen molar-refractivity contribution in [1.82, 2.24) is 9.80 Å². The molecule has 2 atom stereocenters. The van der Waals surface area contributed by atoms with E-state index in [1.807, 2.05) is 4.90 Å². The Morgan fingerprint density at radius 2 is 2.14 bits per heavy atom. The summed E-state index contributed by atoms with van der Waals surface area (Å²) in [5.41, 5.74) is 6.97. The number of carbonyl (C=O) groups excluding carboxylic acids is 1. The summed E-state index contributed by atoms with van der Waals surface area (Å²) in [6.07, 6.45) is 1.53. The van der Waals surface area contributed by atoms with Crippen LogP contribution in [0.3, 0.4) is 0 Å². The molecule has 1 aromatic heterocycles. The molecule has 0 aromatic carbocycles. The Balaban J connectivity index is 1.46. The van der Waals surface area contributed by atoms with E-state index in [0.717, 1.165) is 45.6 Å². The van der Waals surface area contributed by atoms with E-state index in [1.54, 1.807) is 11.3 Å². The third-order valence-electron chi connectivity index (χ3n) is 4.32. The van der Waals surface area contributed by atoms with Gasteiger partial charge in [0.15, 0.2) is 0 Å². The molecular weight excluding hydrogens is 286 g/mol. The number of carbonyl (C=O) groups is 1. The van der Waals surface area contributed by atoms with Crippen LogP contribution in [0.2, 0.25) is 0 Å². The molecule has 6 heteroatoms. The smallest absolute Gasteiger partial charge is 0.251 e. The van der Waals surface area contributed by atoms with Crippen molar-refractivity contribution in [3.05, 3.63) is 22.4 Å². The molecule has 2 aliphatic rings. The number of amides is 1. The van der Waals surface area contributed by atoms with Crippen LogP contribution in [-0.4, -0.2) is 60.6 Å². The summed E-state index contributed by atoms with van der Waals surface area (Å²) < 4.78 is 5.71. The van der Waals surface area contributed by atoms with Crippen molar-refractivity contribution >= 4 is 17.2 Å². The van der Waals surface area contributed by atoms with E-state index >= 15 is 0 Å². The summed E-state index contributed by atoms with van der Waals surface area (Å²) in [5, 5.41) is 4.30. The Kier molecular flexibility index (Phi) is 4.90. The maximum absolute atomic E-state index is 12.4. The maximum atomic E-state index is 12.4. The molecule has 1 amide bonds. The van der Waals surface area contributed by atoms with Crippen LogP contribution in [0, 0.1) is 0 Å². The second-order valence-corrected chi connectivity index (χ2v) is 6.57. The molecular formula is C15H23N3O2S. The lowest BCUT2D eigenvalue weighted by Crippen LogP contribution is -2.51. The highest BCUT2D eigenvalue weighted by Crippen LogP contribution is 2.21. The lowest BCUT2D eigenvalue weighted by molar-refractivity contribution is -0.144. The van der Waals surface area contributed by atoms with Gasteiger partial charge >= 0.3 is 0 Å². The first-order chi connectivity index (χ1) is 10.3. The van der Waals surface area contributed by atoms with Crippen molar-refractivity contribution in [2.75, 3.05) is 32.7 Å². The minimum atomic E-state index is -0.262. The first-order valence-electron chi connectivity index (χ1n) is 7.64. The van der Waals surface area contributed by atoms with Crippen LogP contribution in [0.25, 0.3) is 0 Å². The predicted octanol–water partition coefficient (Wildman–Crippen LogP) is 0.899. The number of ether oxygens (including phenoxy) is 1. The Morgan fingerprint density at radius 3 is 2.76 bits per heavy atom. The Labute approximate surface area is 129 Å². The van der Waals surface area contributed by atoms with Crippen LogP contribution >= 0.6 is 11.3 Å². The molecule has 0 saturated carbocycles. The van der Waals surface area contributed by atoms with Gasteiger partial charge < -0.3 is 15.4 Å². The number of piperazine rings is 1. The number of nitrogens with two attached hydrogens (primary N) is 1. The van der Waals surface area contributed by atoms with E-state index in [9.17, 15) is 4.79 Å². The van der Waals surface area contributed by atoms with E-state index in [4.69, 9.17) is 10.5 Å². The number of thiophene rings is 1. The molecule has 1 aromatic rings. The molecule has 3 heterocycles. The van der Waals surface area contributed by atoms with Crippen molar-refractivity contribution in [2.24, 2.45) is 5.73 Å². The quantitative estimate of drug-likeness (QED) is 0.898. The highest BCUT2D eigenvalue weighted by Gasteiger charge is 2.33. The van der Waals surface area contributed by atoms with E-state index in [0.29, 0.717) is 6.54 Å². The number of hydrogen-bond donors (Lipinski definition) is 1. The van der Waals surface area contributed by atoms with Gasteiger partial charge in [0.1, 0.15) is 6.10 Å². The molecule has 5 nitrogen and oxygen atoms in total. The molecule has 3 rings (SSSR count). The zero-order valence-corrected chi connectivity index (χ0v) is 13.1. The van der Waals surface area contributed by atoms with Crippen molar-refractivity contribution < 1.29 is 9.53 Å². The molecule has 2 saturated heterocycles.